The first-order chi connectivity index (χ1) is 16.0. The molecule has 0 spiro atoms. The summed E-state index contributed by atoms with van der Waals surface area (Å²) in [5.41, 5.74) is 2.45. The highest BCUT2D eigenvalue weighted by Crippen LogP contribution is 2.40. The van der Waals surface area contributed by atoms with Crippen LogP contribution in [0.5, 0.6) is 0 Å². The number of rotatable bonds is 8. The van der Waals surface area contributed by atoms with Crippen molar-refractivity contribution in [3.63, 3.8) is 0 Å². The van der Waals surface area contributed by atoms with Gasteiger partial charge >= 0.3 is 17.9 Å². The summed E-state index contributed by atoms with van der Waals surface area (Å²) in [6, 6.07) is 7.25. The Morgan fingerprint density at radius 1 is 1.12 bits per heavy atom. The molecule has 2 N–H and O–H groups in total. The van der Waals surface area contributed by atoms with Crippen LogP contribution in [-0.4, -0.2) is 50.8 Å². The summed E-state index contributed by atoms with van der Waals surface area (Å²) in [4.78, 5) is 38.3. The van der Waals surface area contributed by atoms with Gasteiger partial charge in [-0.05, 0) is 58.9 Å². The van der Waals surface area contributed by atoms with E-state index < -0.39 is 29.4 Å². The number of carbonyl (C=O) groups is 3. The van der Waals surface area contributed by atoms with E-state index in [4.69, 9.17) is 14.2 Å². The molecular formula is C26H34N2O6. The Labute approximate surface area is 201 Å². The molecule has 0 amide bonds. The van der Waals surface area contributed by atoms with Gasteiger partial charge in [-0.3, -0.25) is 0 Å². The number of dihydropyridines is 1. The summed E-state index contributed by atoms with van der Waals surface area (Å²) in [5.74, 6) is -2.36. The van der Waals surface area contributed by atoms with Crippen molar-refractivity contribution in [1.29, 1.82) is 0 Å². The summed E-state index contributed by atoms with van der Waals surface area (Å²) in [6.45, 7) is 9.39. The zero-order valence-corrected chi connectivity index (χ0v) is 20.9. The summed E-state index contributed by atoms with van der Waals surface area (Å²) < 4.78 is 15.8. The first-order valence-corrected chi connectivity index (χ1v) is 11.1. The van der Waals surface area contributed by atoms with E-state index in [2.05, 4.69) is 10.6 Å². The third kappa shape index (κ3) is 6.57. The van der Waals surface area contributed by atoms with E-state index in [1.54, 1.807) is 47.7 Å². The molecule has 1 heterocycles. The van der Waals surface area contributed by atoms with Crippen LogP contribution < -0.4 is 10.6 Å². The largest absolute Gasteiger partial charge is 0.466 e. The second-order valence-corrected chi connectivity index (χ2v) is 8.73. The maximum absolute atomic E-state index is 13.0. The number of likely N-dealkylation sites (N-methyl/N-ethyl adjacent to an activating group) is 1. The first kappa shape index (κ1) is 26.9. The molecular weight excluding hydrogens is 436 g/mol. The molecule has 1 unspecified atom stereocenters. The molecule has 1 aromatic rings. The predicted octanol–water partition coefficient (Wildman–Crippen LogP) is 3.21. The molecule has 0 aromatic heterocycles. The number of benzene rings is 1. The lowest BCUT2D eigenvalue weighted by atomic mass is 9.78. The molecule has 34 heavy (non-hydrogen) atoms. The first-order valence-electron chi connectivity index (χ1n) is 11.1. The highest BCUT2D eigenvalue weighted by molar-refractivity contribution is 6.00. The van der Waals surface area contributed by atoms with Gasteiger partial charge in [-0.1, -0.05) is 24.3 Å². The normalized spacial score (nSPS) is 16.4. The van der Waals surface area contributed by atoms with E-state index in [1.165, 1.54) is 13.2 Å². The van der Waals surface area contributed by atoms with Crippen LogP contribution in [0.4, 0.5) is 0 Å². The van der Waals surface area contributed by atoms with Crippen LogP contribution in [0.1, 0.15) is 51.7 Å². The van der Waals surface area contributed by atoms with Gasteiger partial charge in [-0.25, -0.2) is 14.4 Å². The van der Waals surface area contributed by atoms with Crippen LogP contribution in [0, 0.1) is 0 Å². The maximum atomic E-state index is 13.0. The van der Waals surface area contributed by atoms with Gasteiger partial charge in [0.1, 0.15) is 5.60 Å². The number of nitrogens with one attached hydrogen (secondary N) is 2. The lowest BCUT2D eigenvalue weighted by Crippen LogP contribution is -2.36. The van der Waals surface area contributed by atoms with Crippen molar-refractivity contribution in [2.45, 2.75) is 46.1 Å². The average molecular weight is 471 g/mol. The molecule has 0 fully saturated rings. The molecule has 2 rings (SSSR count). The van der Waals surface area contributed by atoms with Crippen LogP contribution in [0.2, 0.25) is 0 Å². The average Bonchev–Trinajstić information content (AvgIpc) is 2.76. The Balaban J connectivity index is 2.71. The summed E-state index contributed by atoms with van der Waals surface area (Å²) in [5, 5.41) is 6.21. The Hall–Kier alpha value is -3.39. The third-order valence-electron chi connectivity index (χ3n) is 5.01. The molecule has 0 saturated carbocycles. The smallest absolute Gasteiger partial charge is 0.336 e. The minimum atomic E-state index is -0.768. The topological polar surface area (TPSA) is 103 Å². The molecule has 8 nitrogen and oxygen atoms in total. The highest BCUT2D eigenvalue weighted by Gasteiger charge is 2.39. The van der Waals surface area contributed by atoms with E-state index in [-0.39, 0.29) is 6.61 Å². The minimum absolute atomic E-state index is 0.184. The van der Waals surface area contributed by atoms with E-state index in [0.717, 1.165) is 0 Å². The van der Waals surface area contributed by atoms with Crippen LogP contribution in [0.25, 0.3) is 6.08 Å². The van der Waals surface area contributed by atoms with Crippen molar-refractivity contribution in [3.05, 3.63) is 64.0 Å². The van der Waals surface area contributed by atoms with Crippen molar-refractivity contribution in [2.24, 2.45) is 0 Å². The summed E-state index contributed by atoms with van der Waals surface area (Å²) in [7, 11) is 3.06. The van der Waals surface area contributed by atoms with Gasteiger partial charge in [0, 0.05) is 24.0 Å². The SMILES string of the molecule is CCOC(=O)C1=C(C)NC(CNC)=C(C(=O)OC)C1c1ccccc1C=CC(=O)OC(C)(C)C. The fourth-order valence-electron chi connectivity index (χ4n) is 3.77. The summed E-state index contributed by atoms with van der Waals surface area (Å²) in [6.07, 6.45) is 2.96. The minimum Gasteiger partial charge on any atom is -0.466 e. The predicted molar refractivity (Wildman–Crippen MR) is 129 cm³/mol. The van der Waals surface area contributed by atoms with Gasteiger partial charge in [0.2, 0.25) is 0 Å². The van der Waals surface area contributed by atoms with Gasteiger partial charge in [0.25, 0.3) is 0 Å². The molecule has 8 heteroatoms. The van der Waals surface area contributed by atoms with Crippen molar-refractivity contribution in [3.8, 4) is 0 Å². The molecule has 1 aliphatic rings. The molecule has 1 aliphatic heterocycles. The van der Waals surface area contributed by atoms with Crippen molar-refractivity contribution in [1.82, 2.24) is 10.6 Å². The number of esters is 3. The number of methoxy groups -OCH3 is 1. The zero-order valence-electron chi connectivity index (χ0n) is 20.9. The molecule has 0 bridgehead atoms. The number of hydrogen-bond acceptors (Lipinski definition) is 8. The van der Waals surface area contributed by atoms with Gasteiger partial charge in [0.15, 0.2) is 0 Å². The van der Waals surface area contributed by atoms with Gasteiger partial charge in [-0.15, -0.1) is 0 Å². The number of allylic oxidation sites excluding steroid dienone is 1. The Morgan fingerprint density at radius 3 is 2.38 bits per heavy atom. The molecule has 0 radical (unpaired) electrons. The molecule has 1 atom stereocenters. The fourth-order valence-corrected chi connectivity index (χ4v) is 3.77. The van der Waals surface area contributed by atoms with E-state index in [0.29, 0.717) is 40.2 Å². The Bertz CT molecular complexity index is 1030. The van der Waals surface area contributed by atoms with E-state index in [1.807, 2.05) is 24.3 Å². The fraction of sp³-hybridized carbons (Fsp3) is 0.423. The Morgan fingerprint density at radius 2 is 1.79 bits per heavy atom. The summed E-state index contributed by atoms with van der Waals surface area (Å²) >= 11 is 0. The molecule has 184 valence electrons. The third-order valence-corrected chi connectivity index (χ3v) is 5.01. The van der Waals surface area contributed by atoms with Gasteiger partial charge < -0.3 is 24.8 Å². The van der Waals surface area contributed by atoms with Gasteiger partial charge in [-0.2, -0.15) is 0 Å². The van der Waals surface area contributed by atoms with E-state index in [9.17, 15) is 14.4 Å². The van der Waals surface area contributed by atoms with Crippen LogP contribution >= 0.6 is 0 Å². The van der Waals surface area contributed by atoms with Crippen molar-refractivity contribution >= 4 is 24.0 Å². The number of ether oxygens (including phenoxy) is 3. The molecule has 0 aliphatic carbocycles. The standard InChI is InChI=1S/C26H34N2O6/c1-8-33-25(31)21-16(2)28-19(15-27-6)23(24(30)32-7)22(21)18-12-10-9-11-17(18)13-14-20(29)34-26(3,4)5/h9-14,22,27-28H,8,15H2,1-7H3. The van der Waals surface area contributed by atoms with E-state index >= 15 is 0 Å². The van der Waals surface area contributed by atoms with Crippen LogP contribution in [-0.2, 0) is 28.6 Å². The lowest BCUT2D eigenvalue weighted by Gasteiger charge is -2.32. The monoisotopic (exact) mass is 470 g/mol. The van der Waals surface area contributed by atoms with Crippen LogP contribution in [0.15, 0.2) is 52.9 Å². The second kappa shape index (κ2) is 11.7. The van der Waals surface area contributed by atoms with Crippen LogP contribution in [0.3, 0.4) is 0 Å². The maximum Gasteiger partial charge on any atom is 0.336 e. The lowest BCUT2D eigenvalue weighted by molar-refractivity contribution is -0.148. The van der Waals surface area contributed by atoms with Crippen molar-refractivity contribution in [2.75, 3.05) is 27.3 Å². The quantitative estimate of drug-likeness (QED) is 0.339. The zero-order chi connectivity index (χ0) is 25.5. The van der Waals surface area contributed by atoms with Gasteiger partial charge in [0.05, 0.1) is 30.8 Å². The number of carbonyl (C=O) groups excluding carboxylic acids is 3. The second-order valence-electron chi connectivity index (χ2n) is 8.73. The number of hydrogen-bond donors (Lipinski definition) is 2. The Kier molecular flexibility index (Phi) is 9.20. The van der Waals surface area contributed by atoms with Crippen molar-refractivity contribution < 1.29 is 28.6 Å². The molecule has 0 saturated heterocycles. The molecule has 1 aromatic carbocycles. The highest BCUT2D eigenvalue weighted by atomic mass is 16.6.